The second-order valence-corrected chi connectivity index (χ2v) is 5.42. The van der Waals surface area contributed by atoms with Gasteiger partial charge in [-0.05, 0) is 46.0 Å². The molecule has 100 valence electrons. The van der Waals surface area contributed by atoms with Gasteiger partial charge in [-0.2, -0.15) is 0 Å². The molecule has 2 rings (SSSR count). The van der Waals surface area contributed by atoms with Gasteiger partial charge in [-0.3, -0.25) is 0 Å². The average Bonchev–Trinajstić information content (AvgIpc) is 2.44. The summed E-state index contributed by atoms with van der Waals surface area (Å²) in [6.45, 7) is 4.38. The molecule has 1 aromatic heterocycles. The van der Waals surface area contributed by atoms with Crippen LogP contribution in [-0.2, 0) is 0 Å². The fourth-order valence-electron chi connectivity index (χ4n) is 1.62. The molecule has 0 fully saturated rings. The summed E-state index contributed by atoms with van der Waals surface area (Å²) in [5, 5.41) is 0.334. The van der Waals surface area contributed by atoms with Crippen LogP contribution >= 0.6 is 27.5 Å². The van der Waals surface area contributed by atoms with Gasteiger partial charge in [-0.1, -0.05) is 37.6 Å². The summed E-state index contributed by atoms with van der Waals surface area (Å²) >= 11 is 9.19. The Hall–Kier alpha value is -1.13. The van der Waals surface area contributed by atoms with E-state index in [0.717, 1.165) is 12.2 Å². The van der Waals surface area contributed by atoms with Crippen molar-refractivity contribution < 1.29 is 4.74 Å². The van der Waals surface area contributed by atoms with Crippen molar-refractivity contribution in [3.63, 3.8) is 0 Å². The van der Waals surface area contributed by atoms with Gasteiger partial charge in [0.25, 0.3) is 0 Å². The highest BCUT2D eigenvalue weighted by atomic mass is 79.9. The van der Waals surface area contributed by atoms with Gasteiger partial charge in [0.2, 0.25) is 5.88 Å². The summed E-state index contributed by atoms with van der Waals surface area (Å²) in [6, 6.07) is 8.01. The molecule has 1 atom stereocenters. The summed E-state index contributed by atoms with van der Waals surface area (Å²) in [5.74, 6) is 1.69. The number of halogens is 2. The van der Waals surface area contributed by atoms with Crippen molar-refractivity contribution in [1.29, 1.82) is 0 Å². The highest BCUT2D eigenvalue weighted by Crippen LogP contribution is 2.32. The summed E-state index contributed by atoms with van der Waals surface area (Å²) in [7, 11) is 0. The average molecular weight is 342 g/mol. The van der Waals surface area contributed by atoms with Crippen molar-refractivity contribution in [3.05, 3.63) is 45.8 Å². The number of hydrogen-bond acceptors (Lipinski definition) is 3. The van der Waals surface area contributed by atoms with Gasteiger partial charge in [-0.15, -0.1) is 0 Å². The van der Waals surface area contributed by atoms with E-state index in [1.807, 2.05) is 12.1 Å². The van der Waals surface area contributed by atoms with Crippen LogP contribution in [0.25, 0.3) is 0 Å². The van der Waals surface area contributed by atoms with E-state index in [0.29, 0.717) is 21.4 Å². The van der Waals surface area contributed by atoms with Crippen molar-refractivity contribution >= 4 is 27.5 Å². The highest BCUT2D eigenvalue weighted by molar-refractivity contribution is 9.10. The first-order chi connectivity index (χ1) is 9.11. The first kappa shape index (κ1) is 14.3. The van der Waals surface area contributed by atoms with Crippen LogP contribution in [0.5, 0.6) is 11.6 Å². The largest absolute Gasteiger partial charge is 0.438 e. The Bertz CT molecular complexity index is 560. The van der Waals surface area contributed by atoms with E-state index in [4.69, 9.17) is 16.3 Å². The predicted molar refractivity (Wildman–Crippen MR) is 80.0 cm³/mol. The lowest BCUT2D eigenvalue weighted by molar-refractivity contribution is 0.457. The molecule has 1 aromatic carbocycles. The first-order valence-electron chi connectivity index (χ1n) is 6.05. The molecule has 0 aliphatic carbocycles. The second kappa shape index (κ2) is 6.35. The van der Waals surface area contributed by atoms with Crippen LogP contribution in [0.3, 0.4) is 0 Å². The molecule has 0 saturated carbocycles. The molecule has 0 amide bonds. The van der Waals surface area contributed by atoms with Gasteiger partial charge in [0.05, 0.1) is 0 Å². The number of nitrogens with zero attached hydrogens (tertiary/aromatic N) is 2. The number of ether oxygens (including phenoxy) is 1. The molecule has 0 aliphatic heterocycles. The number of benzene rings is 1. The monoisotopic (exact) mass is 340 g/mol. The van der Waals surface area contributed by atoms with E-state index in [2.05, 4.69) is 51.9 Å². The molecule has 2 aromatic rings. The maximum Gasteiger partial charge on any atom is 0.238 e. The quantitative estimate of drug-likeness (QED) is 0.717. The Morgan fingerprint density at radius 1 is 1.26 bits per heavy atom. The van der Waals surface area contributed by atoms with E-state index in [-0.39, 0.29) is 0 Å². The zero-order chi connectivity index (χ0) is 13.8. The van der Waals surface area contributed by atoms with Gasteiger partial charge in [0.15, 0.2) is 5.15 Å². The predicted octanol–water partition coefficient (Wildman–Crippen LogP) is 5.20. The van der Waals surface area contributed by atoms with Crippen LogP contribution in [0.2, 0.25) is 5.15 Å². The molecule has 5 heteroatoms. The van der Waals surface area contributed by atoms with Gasteiger partial charge in [-0.25, -0.2) is 9.97 Å². The summed E-state index contributed by atoms with van der Waals surface area (Å²) in [6.07, 6.45) is 2.49. The van der Waals surface area contributed by atoms with E-state index in [1.165, 1.54) is 11.9 Å². The van der Waals surface area contributed by atoms with E-state index in [1.54, 1.807) is 0 Å². The van der Waals surface area contributed by atoms with Crippen molar-refractivity contribution in [2.45, 2.75) is 26.2 Å². The van der Waals surface area contributed by atoms with E-state index >= 15 is 0 Å². The van der Waals surface area contributed by atoms with Gasteiger partial charge >= 0.3 is 0 Å². The fraction of sp³-hybridized carbons (Fsp3) is 0.286. The van der Waals surface area contributed by atoms with Crippen molar-refractivity contribution in [1.82, 2.24) is 9.97 Å². The minimum atomic E-state index is 0.334. The minimum Gasteiger partial charge on any atom is -0.438 e. The molecule has 1 unspecified atom stereocenters. The highest BCUT2D eigenvalue weighted by Gasteiger charge is 2.09. The number of rotatable bonds is 4. The number of aromatic nitrogens is 2. The van der Waals surface area contributed by atoms with Gasteiger partial charge < -0.3 is 4.74 Å². The van der Waals surface area contributed by atoms with Crippen molar-refractivity contribution in [2.24, 2.45) is 0 Å². The van der Waals surface area contributed by atoms with Crippen molar-refractivity contribution in [2.75, 3.05) is 0 Å². The normalized spacial score (nSPS) is 12.2. The third kappa shape index (κ3) is 3.45. The molecular weight excluding hydrogens is 328 g/mol. The molecule has 0 N–H and O–H groups in total. The fourth-order valence-corrected chi connectivity index (χ4v) is 2.03. The molecular formula is C14H14BrClN2O. The Balaban J connectivity index is 2.18. The zero-order valence-electron chi connectivity index (χ0n) is 10.7. The van der Waals surface area contributed by atoms with Crippen LogP contribution in [-0.4, -0.2) is 9.97 Å². The Morgan fingerprint density at radius 2 is 1.95 bits per heavy atom. The summed E-state index contributed by atoms with van der Waals surface area (Å²) < 4.78 is 6.23. The molecule has 0 bridgehead atoms. The third-order valence-corrected chi connectivity index (χ3v) is 4.22. The zero-order valence-corrected chi connectivity index (χ0v) is 13.1. The summed E-state index contributed by atoms with van der Waals surface area (Å²) in [5.41, 5.74) is 1.30. The first-order valence-corrected chi connectivity index (χ1v) is 7.22. The second-order valence-electron chi connectivity index (χ2n) is 4.26. The lowest BCUT2D eigenvalue weighted by Gasteiger charge is -2.10. The topological polar surface area (TPSA) is 35.0 Å². The number of hydrogen-bond donors (Lipinski definition) is 0. The van der Waals surface area contributed by atoms with Crippen LogP contribution in [0.4, 0.5) is 0 Å². The van der Waals surface area contributed by atoms with E-state index < -0.39 is 0 Å². The molecule has 0 aliphatic rings. The molecule has 19 heavy (non-hydrogen) atoms. The Kier molecular flexibility index (Phi) is 4.77. The van der Waals surface area contributed by atoms with Crippen LogP contribution < -0.4 is 4.74 Å². The molecule has 0 saturated heterocycles. The lowest BCUT2D eigenvalue weighted by Crippen LogP contribution is -1.93. The molecule has 0 radical (unpaired) electrons. The molecule has 1 heterocycles. The molecule has 0 spiro atoms. The maximum atomic E-state index is 5.89. The molecule has 3 nitrogen and oxygen atoms in total. The van der Waals surface area contributed by atoms with Crippen LogP contribution in [0.1, 0.15) is 31.7 Å². The van der Waals surface area contributed by atoms with Crippen molar-refractivity contribution in [3.8, 4) is 11.6 Å². The standard InChI is InChI=1S/C14H14BrClN2O/c1-3-9(2)10-4-6-11(7-5-10)19-14-12(15)13(16)17-8-18-14/h4-9H,3H2,1-2H3. The van der Waals surface area contributed by atoms with Crippen LogP contribution in [0.15, 0.2) is 35.1 Å². The third-order valence-electron chi connectivity index (χ3n) is 2.99. The van der Waals surface area contributed by atoms with E-state index in [9.17, 15) is 0 Å². The summed E-state index contributed by atoms with van der Waals surface area (Å²) in [4.78, 5) is 7.90. The lowest BCUT2D eigenvalue weighted by atomic mass is 9.99. The van der Waals surface area contributed by atoms with Gasteiger partial charge in [0, 0.05) is 0 Å². The SMILES string of the molecule is CCC(C)c1ccc(Oc2ncnc(Cl)c2Br)cc1. The maximum absolute atomic E-state index is 5.89. The Labute approximate surface area is 126 Å². The van der Waals surface area contributed by atoms with Gasteiger partial charge in [0.1, 0.15) is 16.5 Å². The minimum absolute atomic E-state index is 0.334. The van der Waals surface area contributed by atoms with Crippen LogP contribution in [0, 0.1) is 0 Å². The smallest absolute Gasteiger partial charge is 0.238 e. The Morgan fingerprint density at radius 3 is 2.58 bits per heavy atom.